The number of rotatable bonds is 5. The molecule has 0 spiro atoms. The summed E-state index contributed by atoms with van der Waals surface area (Å²) in [7, 11) is 0. The first-order valence-corrected chi connectivity index (χ1v) is 10.5. The Labute approximate surface area is 175 Å². The molecule has 1 aliphatic carbocycles. The maximum atomic E-state index is 14.6. The first-order chi connectivity index (χ1) is 14.4. The highest BCUT2D eigenvalue weighted by Gasteiger charge is 2.26. The van der Waals surface area contributed by atoms with E-state index in [1.54, 1.807) is 6.07 Å². The molecule has 1 aliphatic rings. The van der Waals surface area contributed by atoms with Crippen molar-refractivity contribution in [2.45, 2.75) is 58.3 Å². The lowest BCUT2D eigenvalue weighted by atomic mass is 9.78. The average Bonchev–Trinajstić information content (AvgIpc) is 2.75. The lowest BCUT2D eigenvalue weighted by Gasteiger charge is -2.26. The Bertz CT molecular complexity index is 950. The van der Waals surface area contributed by atoms with Gasteiger partial charge in [-0.2, -0.15) is 4.39 Å². The van der Waals surface area contributed by atoms with Gasteiger partial charge >= 0.3 is 0 Å². The van der Waals surface area contributed by atoms with Crippen LogP contribution in [-0.2, 0) is 0 Å². The molecule has 0 N–H and O–H groups in total. The summed E-state index contributed by atoms with van der Waals surface area (Å²) < 4.78 is 61.9. The van der Waals surface area contributed by atoms with Gasteiger partial charge in [0.2, 0.25) is 5.82 Å². The third-order valence-electron chi connectivity index (χ3n) is 5.69. The second-order valence-electron chi connectivity index (χ2n) is 7.86. The minimum absolute atomic E-state index is 0.0228. The summed E-state index contributed by atoms with van der Waals surface area (Å²) in [4.78, 5) is 0. The third kappa shape index (κ3) is 4.98. The van der Waals surface area contributed by atoms with Gasteiger partial charge in [0.1, 0.15) is 0 Å². The van der Waals surface area contributed by atoms with Gasteiger partial charge in [0, 0.05) is 5.92 Å². The monoisotopic (exact) mass is 418 g/mol. The van der Waals surface area contributed by atoms with Crippen molar-refractivity contribution in [2.24, 2.45) is 5.92 Å². The van der Waals surface area contributed by atoms with E-state index >= 15 is 0 Å². The lowest BCUT2D eigenvalue weighted by molar-refractivity contribution is 0.286. The zero-order chi connectivity index (χ0) is 21.7. The fourth-order valence-electron chi connectivity index (χ4n) is 3.77. The third-order valence-corrected chi connectivity index (χ3v) is 5.69. The first-order valence-electron chi connectivity index (χ1n) is 10.5. The van der Waals surface area contributed by atoms with Crippen molar-refractivity contribution < 1.29 is 22.3 Å². The normalized spacial score (nSPS) is 18.6. The number of halogens is 4. The van der Waals surface area contributed by atoms with E-state index in [0.717, 1.165) is 12.8 Å². The molecule has 2 aromatic rings. The molecule has 0 saturated heterocycles. The Morgan fingerprint density at radius 3 is 2.33 bits per heavy atom. The average molecular weight is 418 g/mol. The van der Waals surface area contributed by atoms with Gasteiger partial charge in [-0.3, -0.25) is 0 Å². The highest BCUT2D eigenvalue weighted by Crippen LogP contribution is 2.38. The highest BCUT2D eigenvalue weighted by molar-refractivity contribution is 5.39. The van der Waals surface area contributed by atoms with Gasteiger partial charge in [-0.05, 0) is 68.2 Å². The zero-order valence-electron chi connectivity index (χ0n) is 17.3. The van der Waals surface area contributed by atoms with Crippen molar-refractivity contribution in [2.75, 3.05) is 6.61 Å². The largest absolute Gasteiger partial charge is 0.490 e. The van der Waals surface area contributed by atoms with E-state index in [-0.39, 0.29) is 28.7 Å². The van der Waals surface area contributed by atoms with Crippen molar-refractivity contribution >= 4 is 0 Å². The molecule has 0 atom stereocenters. The Kier molecular flexibility index (Phi) is 7.42. The molecule has 0 aromatic heterocycles. The SMILES string of the molecule is CCCCOc1ccc(C2CCC(C#Cc3ccc(C)c(F)c3F)CC2)c(F)c1F. The molecule has 0 aliphatic heterocycles. The molecule has 1 saturated carbocycles. The Morgan fingerprint density at radius 2 is 1.63 bits per heavy atom. The quantitative estimate of drug-likeness (QED) is 0.287. The van der Waals surface area contributed by atoms with E-state index in [9.17, 15) is 17.6 Å². The number of hydrogen-bond acceptors (Lipinski definition) is 1. The van der Waals surface area contributed by atoms with Crippen LogP contribution in [0.15, 0.2) is 24.3 Å². The predicted octanol–water partition coefficient (Wildman–Crippen LogP) is 7.06. The number of hydrogen-bond donors (Lipinski definition) is 0. The molecule has 1 nitrogen and oxygen atoms in total. The summed E-state index contributed by atoms with van der Waals surface area (Å²) in [6.07, 6.45) is 4.42. The van der Waals surface area contributed by atoms with Gasteiger partial charge in [0.05, 0.1) is 12.2 Å². The predicted molar refractivity (Wildman–Crippen MR) is 109 cm³/mol. The van der Waals surface area contributed by atoms with Crippen LogP contribution in [0.3, 0.4) is 0 Å². The smallest absolute Gasteiger partial charge is 0.200 e. The van der Waals surface area contributed by atoms with Crippen LogP contribution in [0.2, 0.25) is 0 Å². The van der Waals surface area contributed by atoms with E-state index in [2.05, 4.69) is 11.8 Å². The number of aryl methyl sites for hydroxylation is 1. The first kappa shape index (κ1) is 22.2. The van der Waals surface area contributed by atoms with E-state index in [1.807, 2.05) is 6.92 Å². The van der Waals surface area contributed by atoms with Crippen molar-refractivity contribution in [3.63, 3.8) is 0 Å². The molecule has 160 valence electrons. The van der Waals surface area contributed by atoms with Crippen LogP contribution in [0.1, 0.15) is 68.1 Å². The fourth-order valence-corrected chi connectivity index (χ4v) is 3.77. The molecule has 5 heteroatoms. The standard InChI is InChI=1S/C25H26F4O/c1-3-4-15-30-21-14-13-20(24(28)25(21)29)18-10-6-17(7-11-18)8-12-19-9-5-16(2)22(26)23(19)27/h5,9,13-14,17-18H,3-4,6-7,10-11,15H2,1-2H3. The van der Waals surface area contributed by atoms with Crippen molar-refractivity contribution in [3.8, 4) is 17.6 Å². The van der Waals surface area contributed by atoms with Crippen molar-refractivity contribution in [3.05, 3.63) is 64.2 Å². The van der Waals surface area contributed by atoms with Crippen LogP contribution < -0.4 is 4.74 Å². The molecule has 0 heterocycles. The second-order valence-corrected chi connectivity index (χ2v) is 7.86. The van der Waals surface area contributed by atoms with Gasteiger partial charge in [-0.25, -0.2) is 13.2 Å². The van der Waals surface area contributed by atoms with E-state index < -0.39 is 23.3 Å². The minimum Gasteiger partial charge on any atom is -0.490 e. The number of ether oxygens (including phenoxy) is 1. The molecule has 0 bridgehead atoms. The maximum Gasteiger partial charge on any atom is 0.200 e. The summed E-state index contributed by atoms with van der Waals surface area (Å²) in [6, 6.07) is 6.10. The molecular formula is C25H26F4O. The van der Waals surface area contributed by atoms with Gasteiger partial charge in [-0.15, -0.1) is 0 Å². The zero-order valence-corrected chi connectivity index (χ0v) is 17.3. The molecule has 3 rings (SSSR count). The summed E-state index contributed by atoms with van der Waals surface area (Å²) >= 11 is 0. The van der Waals surface area contributed by atoms with Crippen LogP contribution in [0, 0.1) is 48.0 Å². The molecular weight excluding hydrogens is 392 g/mol. The minimum atomic E-state index is -0.928. The fraction of sp³-hybridized carbons (Fsp3) is 0.440. The van der Waals surface area contributed by atoms with Crippen LogP contribution in [0.5, 0.6) is 5.75 Å². The van der Waals surface area contributed by atoms with Crippen LogP contribution >= 0.6 is 0 Å². The summed E-state index contributed by atoms with van der Waals surface area (Å²) in [6.45, 7) is 3.86. The Hall–Kier alpha value is -2.48. The van der Waals surface area contributed by atoms with Gasteiger partial charge in [-0.1, -0.05) is 37.3 Å². The van der Waals surface area contributed by atoms with Crippen LogP contribution in [-0.4, -0.2) is 6.61 Å². The Morgan fingerprint density at radius 1 is 0.900 bits per heavy atom. The van der Waals surface area contributed by atoms with E-state index in [1.165, 1.54) is 25.1 Å². The molecule has 2 aromatic carbocycles. The summed E-state index contributed by atoms with van der Waals surface area (Å²) in [5.41, 5.74) is 0.662. The molecule has 0 unspecified atom stereocenters. The molecule has 0 radical (unpaired) electrons. The van der Waals surface area contributed by atoms with E-state index in [4.69, 9.17) is 4.74 Å². The van der Waals surface area contributed by atoms with Gasteiger partial charge < -0.3 is 4.74 Å². The van der Waals surface area contributed by atoms with Gasteiger partial charge in [0.25, 0.3) is 0 Å². The highest BCUT2D eigenvalue weighted by atomic mass is 19.2. The second kappa shape index (κ2) is 10.0. The van der Waals surface area contributed by atoms with Gasteiger partial charge in [0.15, 0.2) is 23.2 Å². The maximum absolute atomic E-state index is 14.6. The Balaban J connectivity index is 1.64. The van der Waals surface area contributed by atoms with Crippen molar-refractivity contribution in [1.29, 1.82) is 0 Å². The topological polar surface area (TPSA) is 9.23 Å². The summed E-state index contributed by atoms with van der Waals surface area (Å²) in [5, 5.41) is 0. The molecule has 1 fully saturated rings. The molecule has 0 amide bonds. The lowest BCUT2D eigenvalue weighted by Crippen LogP contribution is -2.14. The number of benzene rings is 2. The number of unbranched alkanes of at least 4 members (excludes halogenated alkanes) is 1. The van der Waals surface area contributed by atoms with E-state index in [0.29, 0.717) is 37.9 Å². The van der Waals surface area contributed by atoms with Crippen molar-refractivity contribution in [1.82, 2.24) is 0 Å². The molecule has 30 heavy (non-hydrogen) atoms. The summed E-state index contributed by atoms with van der Waals surface area (Å²) in [5.74, 6) is 2.09. The van der Waals surface area contributed by atoms with Crippen LogP contribution in [0.4, 0.5) is 17.6 Å². The van der Waals surface area contributed by atoms with Crippen LogP contribution in [0.25, 0.3) is 0 Å².